The van der Waals surface area contributed by atoms with Gasteiger partial charge in [-0.1, -0.05) is 15.9 Å². The molecule has 1 aromatic carbocycles. The van der Waals surface area contributed by atoms with Crippen molar-refractivity contribution < 1.29 is 4.39 Å². The van der Waals surface area contributed by atoms with Crippen molar-refractivity contribution in [2.45, 2.75) is 13.5 Å². The molecule has 0 atom stereocenters. The SMILES string of the molecule is CCn1c(-c2ccc(Br)cc2F)n[nH]c1=S. The van der Waals surface area contributed by atoms with Gasteiger partial charge in [0.15, 0.2) is 10.6 Å². The molecule has 0 fully saturated rings. The van der Waals surface area contributed by atoms with E-state index in [2.05, 4.69) is 26.1 Å². The lowest BCUT2D eigenvalue weighted by atomic mass is 10.2. The lowest BCUT2D eigenvalue weighted by Gasteiger charge is -2.04. The molecule has 1 N–H and O–H groups in total. The molecule has 16 heavy (non-hydrogen) atoms. The van der Waals surface area contributed by atoms with Crippen LogP contribution < -0.4 is 0 Å². The van der Waals surface area contributed by atoms with Crippen LogP contribution in [0.25, 0.3) is 11.4 Å². The Morgan fingerprint density at radius 1 is 1.56 bits per heavy atom. The van der Waals surface area contributed by atoms with E-state index in [-0.39, 0.29) is 5.82 Å². The van der Waals surface area contributed by atoms with Crippen LogP contribution in [0.5, 0.6) is 0 Å². The zero-order chi connectivity index (χ0) is 11.7. The van der Waals surface area contributed by atoms with Crippen LogP contribution in [0.1, 0.15) is 6.92 Å². The molecular weight excluding hydrogens is 293 g/mol. The fourth-order valence-corrected chi connectivity index (χ4v) is 2.08. The maximum atomic E-state index is 13.7. The number of halogens is 2. The Morgan fingerprint density at radius 3 is 2.94 bits per heavy atom. The normalized spacial score (nSPS) is 10.7. The van der Waals surface area contributed by atoms with Gasteiger partial charge in [-0.05, 0) is 37.3 Å². The lowest BCUT2D eigenvalue weighted by molar-refractivity contribution is 0.626. The van der Waals surface area contributed by atoms with Gasteiger partial charge in [-0.2, -0.15) is 5.10 Å². The fraction of sp³-hybridized carbons (Fsp3) is 0.200. The summed E-state index contributed by atoms with van der Waals surface area (Å²) in [5.74, 6) is 0.204. The first kappa shape index (κ1) is 11.5. The van der Waals surface area contributed by atoms with E-state index >= 15 is 0 Å². The average molecular weight is 302 g/mol. The molecule has 0 unspecified atom stereocenters. The molecule has 3 nitrogen and oxygen atoms in total. The molecule has 0 radical (unpaired) electrons. The first-order chi connectivity index (χ1) is 7.63. The smallest absolute Gasteiger partial charge is 0.195 e. The first-order valence-electron chi connectivity index (χ1n) is 4.74. The summed E-state index contributed by atoms with van der Waals surface area (Å²) in [4.78, 5) is 0. The molecule has 0 aliphatic heterocycles. The second kappa shape index (κ2) is 4.47. The van der Waals surface area contributed by atoms with Crippen LogP contribution in [0.4, 0.5) is 4.39 Å². The molecule has 6 heteroatoms. The Hall–Kier alpha value is -1.01. The van der Waals surface area contributed by atoms with Crippen molar-refractivity contribution >= 4 is 28.1 Å². The predicted molar refractivity (Wildman–Crippen MR) is 66.2 cm³/mol. The summed E-state index contributed by atoms with van der Waals surface area (Å²) < 4.78 is 16.7. The molecule has 0 saturated carbocycles. The van der Waals surface area contributed by atoms with E-state index in [1.807, 2.05) is 6.92 Å². The van der Waals surface area contributed by atoms with Crippen LogP contribution in [0.15, 0.2) is 22.7 Å². The molecule has 2 rings (SSSR count). The summed E-state index contributed by atoms with van der Waals surface area (Å²) >= 11 is 8.27. The van der Waals surface area contributed by atoms with Gasteiger partial charge in [-0.3, -0.25) is 5.10 Å². The number of hydrogen-bond donors (Lipinski definition) is 1. The van der Waals surface area contributed by atoms with E-state index in [4.69, 9.17) is 12.2 Å². The Bertz CT molecular complexity index is 576. The van der Waals surface area contributed by atoms with E-state index in [0.29, 0.717) is 27.2 Å². The van der Waals surface area contributed by atoms with Gasteiger partial charge in [0.05, 0.1) is 5.56 Å². The van der Waals surface area contributed by atoms with Crippen LogP contribution >= 0.6 is 28.1 Å². The highest BCUT2D eigenvalue weighted by Crippen LogP contribution is 2.24. The zero-order valence-corrected chi connectivity index (χ0v) is 10.9. The molecule has 2 aromatic rings. The number of benzene rings is 1. The van der Waals surface area contributed by atoms with Crippen molar-refractivity contribution in [1.29, 1.82) is 0 Å². The highest BCUT2D eigenvalue weighted by molar-refractivity contribution is 9.10. The van der Waals surface area contributed by atoms with Crippen molar-refractivity contribution in [2.75, 3.05) is 0 Å². The maximum absolute atomic E-state index is 13.7. The molecule has 0 amide bonds. The Labute approximate surface area is 105 Å². The second-order valence-electron chi connectivity index (χ2n) is 3.22. The van der Waals surface area contributed by atoms with Crippen LogP contribution in [-0.2, 0) is 6.54 Å². The van der Waals surface area contributed by atoms with Crippen LogP contribution in [0, 0.1) is 10.6 Å². The van der Waals surface area contributed by atoms with Gasteiger partial charge < -0.3 is 4.57 Å². The number of hydrogen-bond acceptors (Lipinski definition) is 2. The number of aromatic nitrogens is 3. The summed E-state index contributed by atoms with van der Waals surface area (Å²) in [5.41, 5.74) is 0.442. The topological polar surface area (TPSA) is 33.6 Å². The van der Waals surface area contributed by atoms with Crippen molar-refractivity contribution in [2.24, 2.45) is 0 Å². The third-order valence-corrected chi connectivity index (χ3v) is 3.05. The molecule has 1 heterocycles. The highest BCUT2D eigenvalue weighted by Gasteiger charge is 2.12. The van der Waals surface area contributed by atoms with Gasteiger partial charge in [-0.25, -0.2) is 4.39 Å². The summed E-state index contributed by atoms with van der Waals surface area (Å²) in [7, 11) is 0. The highest BCUT2D eigenvalue weighted by atomic mass is 79.9. The molecule has 0 saturated heterocycles. The van der Waals surface area contributed by atoms with E-state index in [1.54, 1.807) is 16.7 Å². The van der Waals surface area contributed by atoms with Crippen molar-refractivity contribution in [3.63, 3.8) is 0 Å². The van der Waals surface area contributed by atoms with Crippen LogP contribution in [0.3, 0.4) is 0 Å². The van der Waals surface area contributed by atoms with Gasteiger partial charge in [0, 0.05) is 11.0 Å². The maximum Gasteiger partial charge on any atom is 0.195 e. The zero-order valence-electron chi connectivity index (χ0n) is 8.50. The van der Waals surface area contributed by atoms with Crippen LogP contribution in [0.2, 0.25) is 0 Å². The van der Waals surface area contributed by atoms with Crippen molar-refractivity contribution in [1.82, 2.24) is 14.8 Å². The number of H-pyrrole nitrogens is 1. The summed E-state index contributed by atoms with van der Waals surface area (Å²) in [6.45, 7) is 2.59. The molecule has 84 valence electrons. The van der Waals surface area contributed by atoms with Gasteiger partial charge in [0.25, 0.3) is 0 Å². The van der Waals surface area contributed by atoms with Crippen molar-refractivity contribution in [3.8, 4) is 11.4 Å². The Kier molecular flexibility index (Phi) is 3.20. The minimum atomic E-state index is -0.321. The fourth-order valence-electron chi connectivity index (χ4n) is 1.49. The Morgan fingerprint density at radius 2 is 2.31 bits per heavy atom. The third kappa shape index (κ3) is 1.94. The van der Waals surface area contributed by atoms with E-state index in [9.17, 15) is 4.39 Å². The molecule has 0 bridgehead atoms. The molecular formula is C10H9BrFN3S. The summed E-state index contributed by atoms with van der Waals surface area (Å²) in [5, 5.41) is 6.70. The molecule has 1 aromatic heterocycles. The van der Waals surface area contributed by atoms with E-state index in [0.717, 1.165) is 0 Å². The van der Waals surface area contributed by atoms with Gasteiger partial charge in [0.1, 0.15) is 5.82 Å². The minimum Gasteiger partial charge on any atom is -0.300 e. The molecule has 0 spiro atoms. The Balaban J connectivity index is 2.63. The molecule has 0 aliphatic rings. The quantitative estimate of drug-likeness (QED) is 0.861. The second-order valence-corrected chi connectivity index (χ2v) is 4.52. The first-order valence-corrected chi connectivity index (χ1v) is 5.94. The van der Waals surface area contributed by atoms with Gasteiger partial charge in [0.2, 0.25) is 0 Å². The van der Waals surface area contributed by atoms with Gasteiger partial charge >= 0.3 is 0 Å². The van der Waals surface area contributed by atoms with E-state index < -0.39 is 0 Å². The number of rotatable bonds is 2. The third-order valence-electron chi connectivity index (χ3n) is 2.25. The van der Waals surface area contributed by atoms with Crippen molar-refractivity contribution in [3.05, 3.63) is 33.3 Å². The minimum absolute atomic E-state index is 0.321. The van der Waals surface area contributed by atoms with Crippen LogP contribution in [-0.4, -0.2) is 14.8 Å². The van der Waals surface area contributed by atoms with Gasteiger partial charge in [-0.15, -0.1) is 0 Å². The standard InChI is InChI=1S/C10H9BrFN3S/c1-2-15-9(13-14-10(15)16)7-4-3-6(11)5-8(7)12/h3-5H,2H2,1H3,(H,14,16). The van der Waals surface area contributed by atoms with E-state index in [1.165, 1.54) is 6.07 Å². The largest absolute Gasteiger partial charge is 0.300 e. The molecule has 0 aliphatic carbocycles. The summed E-state index contributed by atoms with van der Waals surface area (Å²) in [6.07, 6.45) is 0. The monoisotopic (exact) mass is 301 g/mol. The number of nitrogens with zero attached hydrogens (tertiary/aromatic N) is 2. The summed E-state index contributed by atoms with van der Waals surface area (Å²) in [6, 6.07) is 4.86. The number of aromatic amines is 1. The predicted octanol–water partition coefficient (Wildman–Crippen LogP) is 3.53. The lowest BCUT2D eigenvalue weighted by Crippen LogP contribution is -1.99. The average Bonchev–Trinajstić information content (AvgIpc) is 2.59. The number of nitrogens with one attached hydrogen (secondary N) is 1.